The van der Waals surface area contributed by atoms with Crippen LogP contribution in [0.4, 0.5) is 0 Å². The van der Waals surface area contributed by atoms with Gasteiger partial charge < -0.3 is 4.43 Å². The largest absolute Gasteiger partial charge is 0.417 e. The average Bonchev–Trinajstić information content (AvgIpc) is 2.79. The second-order valence-corrected chi connectivity index (χ2v) is 22.3. The highest BCUT2D eigenvalue weighted by atomic mass is 28.4. The Balaban J connectivity index is 2.30. The van der Waals surface area contributed by atoms with Gasteiger partial charge in [0.2, 0.25) is 0 Å². The summed E-state index contributed by atoms with van der Waals surface area (Å²) in [4.78, 5) is 0. The monoisotopic (exact) mass is 506 g/mol. The third-order valence-electron chi connectivity index (χ3n) is 8.07. The molecule has 2 aromatic carbocycles. The standard InChI is InChI=1S/C32H50OSi2/c1-11-28(25-27(2)19-18-24-33-34(9,10)31(3,4)5)26-35(32(6,7)8,29-20-14-12-15-21-29)30-22-16-13-17-23-30/h11-17,20-23,25H,18-19,24,26H2,1-10H3/b27-25+,28-11-. The van der Waals surface area contributed by atoms with E-state index >= 15 is 0 Å². The molecule has 192 valence electrons. The lowest BCUT2D eigenvalue weighted by molar-refractivity contribution is 0.282. The third-order valence-corrected chi connectivity index (χ3v) is 18.7. The summed E-state index contributed by atoms with van der Waals surface area (Å²) in [6, 6.07) is 23.7. The lowest BCUT2D eigenvalue weighted by atomic mass is 10.1. The molecule has 0 saturated heterocycles. The summed E-state index contributed by atoms with van der Waals surface area (Å²) in [5.74, 6) is 0. The summed E-state index contributed by atoms with van der Waals surface area (Å²) in [6.45, 7) is 24.3. The van der Waals surface area contributed by atoms with Gasteiger partial charge in [0.1, 0.15) is 8.07 Å². The van der Waals surface area contributed by atoms with Crippen molar-refractivity contribution in [2.24, 2.45) is 0 Å². The molecule has 1 nitrogen and oxygen atoms in total. The Morgan fingerprint density at radius 3 is 1.69 bits per heavy atom. The van der Waals surface area contributed by atoms with E-state index in [1.165, 1.54) is 21.5 Å². The molecule has 0 aliphatic heterocycles. The quantitative estimate of drug-likeness (QED) is 0.178. The minimum absolute atomic E-state index is 0.169. The van der Waals surface area contributed by atoms with Gasteiger partial charge in [0, 0.05) is 6.61 Å². The molecular formula is C32H50OSi2. The molecule has 0 N–H and O–H groups in total. The molecule has 0 spiro atoms. The Bertz CT molecular complexity index is 934. The van der Waals surface area contributed by atoms with E-state index in [4.69, 9.17) is 4.43 Å². The predicted molar refractivity (Wildman–Crippen MR) is 162 cm³/mol. The van der Waals surface area contributed by atoms with Crippen LogP contribution in [0.2, 0.25) is 29.2 Å². The zero-order valence-corrected chi connectivity index (χ0v) is 26.2. The first kappa shape index (κ1) is 29.5. The third kappa shape index (κ3) is 7.41. The zero-order valence-electron chi connectivity index (χ0n) is 24.2. The Hall–Kier alpha value is -1.69. The number of rotatable bonds is 10. The SMILES string of the molecule is C/C=C(/C=C(\C)CCCO[Si](C)(C)C(C)(C)C)C[Si](c1ccccc1)(c1ccccc1)C(C)(C)C. The number of allylic oxidation sites excluding steroid dienone is 4. The van der Waals surface area contributed by atoms with E-state index < -0.39 is 16.4 Å². The van der Waals surface area contributed by atoms with Crippen molar-refractivity contribution in [1.29, 1.82) is 0 Å². The average molecular weight is 507 g/mol. The molecule has 0 aliphatic rings. The van der Waals surface area contributed by atoms with Gasteiger partial charge in [0.05, 0.1) is 0 Å². The highest BCUT2D eigenvalue weighted by molar-refractivity contribution is 7.04. The van der Waals surface area contributed by atoms with E-state index in [0.29, 0.717) is 0 Å². The van der Waals surface area contributed by atoms with Gasteiger partial charge in [-0.1, -0.05) is 136 Å². The van der Waals surface area contributed by atoms with E-state index in [0.717, 1.165) is 25.5 Å². The van der Waals surface area contributed by atoms with Crippen molar-refractivity contribution in [1.82, 2.24) is 0 Å². The number of benzene rings is 2. The van der Waals surface area contributed by atoms with Crippen LogP contribution >= 0.6 is 0 Å². The molecule has 0 aromatic heterocycles. The summed E-state index contributed by atoms with van der Waals surface area (Å²) >= 11 is 0. The fourth-order valence-electron chi connectivity index (χ4n) is 4.77. The van der Waals surface area contributed by atoms with Crippen LogP contribution in [0.1, 0.15) is 68.2 Å². The van der Waals surface area contributed by atoms with E-state index in [2.05, 4.69) is 141 Å². The molecule has 0 amide bonds. The Morgan fingerprint density at radius 1 is 0.800 bits per heavy atom. The minimum atomic E-state index is -2.12. The van der Waals surface area contributed by atoms with Crippen LogP contribution in [0.25, 0.3) is 0 Å². The summed E-state index contributed by atoms with van der Waals surface area (Å²) in [5, 5.41) is 3.48. The van der Waals surface area contributed by atoms with E-state index in [9.17, 15) is 0 Å². The molecule has 0 unspecified atom stereocenters. The summed E-state index contributed by atoms with van der Waals surface area (Å²) in [6.07, 6.45) is 6.98. The van der Waals surface area contributed by atoms with Gasteiger partial charge >= 0.3 is 0 Å². The molecule has 0 atom stereocenters. The van der Waals surface area contributed by atoms with Crippen molar-refractivity contribution in [3.8, 4) is 0 Å². The van der Waals surface area contributed by atoms with Gasteiger partial charge in [-0.25, -0.2) is 0 Å². The Morgan fingerprint density at radius 2 is 1.29 bits per heavy atom. The first-order valence-corrected chi connectivity index (χ1v) is 18.4. The molecule has 0 saturated carbocycles. The first-order chi connectivity index (χ1) is 16.2. The summed E-state index contributed by atoms with van der Waals surface area (Å²) in [7, 11) is -3.79. The van der Waals surface area contributed by atoms with Crippen molar-refractivity contribution in [2.45, 2.75) is 97.4 Å². The summed E-state index contributed by atoms with van der Waals surface area (Å²) < 4.78 is 6.42. The Labute approximate surface area is 218 Å². The normalized spacial score (nSPS) is 14.3. The molecular weight excluding hydrogens is 457 g/mol. The maximum atomic E-state index is 6.42. The van der Waals surface area contributed by atoms with Gasteiger partial charge in [0.25, 0.3) is 0 Å². The summed E-state index contributed by atoms with van der Waals surface area (Å²) in [5.41, 5.74) is 2.91. The van der Waals surface area contributed by atoms with Gasteiger partial charge in [-0.15, -0.1) is 0 Å². The molecule has 0 fully saturated rings. The minimum Gasteiger partial charge on any atom is -0.417 e. The van der Waals surface area contributed by atoms with E-state index in [1.54, 1.807) is 0 Å². The van der Waals surface area contributed by atoms with Gasteiger partial charge in [-0.2, -0.15) is 0 Å². The van der Waals surface area contributed by atoms with Crippen LogP contribution in [0, 0.1) is 0 Å². The highest BCUT2D eigenvalue weighted by Crippen LogP contribution is 2.41. The highest BCUT2D eigenvalue weighted by Gasteiger charge is 2.47. The maximum Gasteiger partial charge on any atom is 0.191 e. The van der Waals surface area contributed by atoms with Crippen molar-refractivity contribution in [3.63, 3.8) is 0 Å². The molecule has 2 aromatic rings. The number of hydrogen-bond donors (Lipinski definition) is 0. The molecule has 3 heteroatoms. The number of hydrogen-bond acceptors (Lipinski definition) is 1. The van der Waals surface area contributed by atoms with Crippen LogP contribution < -0.4 is 10.4 Å². The fourth-order valence-corrected chi connectivity index (χ4v) is 11.3. The second-order valence-electron chi connectivity index (χ2n) is 12.6. The van der Waals surface area contributed by atoms with Gasteiger partial charge in [-0.3, -0.25) is 0 Å². The Kier molecular flexibility index (Phi) is 10.2. The van der Waals surface area contributed by atoms with Crippen LogP contribution in [0.3, 0.4) is 0 Å². The molecule has 0 radical (unpaired) electrons. The molecule has 35 heavy (non-hydrogen) atoms. The van der Waals surface area contributed by atoms with Gasteiger partial charge in [-0.05, 0) is 55.9 Å². The predicted octanol–water partition coefficient (Wildman–Crippen LogP) is 8.74. The van der Waals surface area contributed by atoms with Crippen LogP contribution in [0.5, 0.6) is 0 Å². The fraction of sp³-hybridized carbons (Fsp3) is 0.500. The lowest BCUT2D eigenvalue weighted by Crippen LogP contribution is -2.64. The van der Waals surface area contributed by atoms with Gasteiger partial charge in [0.15, 0.2) is 8.32 Å². The zero-order chi connectivity index (χ0) is 26.3. The van der Waals surface area contributed by atoms with Crippen molar-refractivity contribution in [2.75, 3.05) is 6.61 Å². The van der Waals surface area contributed by atoms with E-state index in [1.807, 2.05) is 0 Å². The molecule has 0 bridgehead atoms. The molecule has 0 aliphatic carbocycles. The molecule has 0 heterocycles. The van der Waals surface area contributed by atoms with Crippen molar-refractivity contribution < 1.29 is 4.43 Å². The smallest absolute Gasteiger partial charge is 0.191 e. The van der Waals surface area contributed by atoms with Crippen LogP contribution in [-0.4, -0.2) is 23.0 Å². The van der Waals surface area contributed by atoms with E-state index in [-0.39, 0.29) is 10.1 Å². The van der Waals surface area contributed by atoms with Crippen LogP contribution in [-0.2, 0) is 4.43 Å². The van der Waals surface area contributed by atoms with Crippen molar-refractivity contribution in [3.05, 3.63) is 84.0 Å². The van der Waals surface area contributed by atoms with Crippen molar-refractivity contribution >= 4 is 26.8 Å². The topological polar surface area (TPSA) is 9.23 Å². The maximum absolute atomic E-state index is 6.42. The molecule has 2 rings (SSSR count). The van der Waals surface area contributed by atoms with Crippen LogP contribution in [0.15, 0.2) is 84.0 Å². The first-order valence-electron chi connectivity index (χ1n) is 13.3. The second kappa shape index (κ2) is 12.0. The lowest BCUT2D eigenvalue weighted by Gasteiger charge is -2.44.